The fraction of sp³-hybridized carbons (Fsp3) is 0.235. The molecule has 0 bridgehead atoms. The van der Waals surface area contributed by atoms with Gasteiger partial charge in [0.1, 0.15) is 5.82 Å². The number of hydrogen-bond acceptors (Lipinski definition) is 3. The van der Waals surface area contributed by atoms with Crippen LogP contribution in [0.3, 0.4) is 0 Å². The van der Waals surface area contributed by atoms with Gasteiger partial charge in [-0.25, -0.2) is 12.8 Å². The molecule has 0 aliphatic heterocycles. The zero-order valence-corrected chi connectivity index (χ0v) is 15.4. The molecule has 0 fully saturated rings. The average molecular weight is 385 g/mol. The van der Waals surface area contributed by atoms with E-state index in [1.807, 2.05) is 0 Å². The third-order valence-corrected chi connectivity index (χ3v) is 5.93. The molecular weight excluding hydrogens is 367 g/mol. The second-order valence-corrected chi connectivity index (χ2v) is 7.57. The molecule has 0 atom stereocenters. The van der Waals surface area contributed by atoms with Crippen LogP contribution in [0.15, 0.2) is 47.4 Å². The van der Waals surface area contributed by atoms with Gasteiger partial charge in [0.25, 0.3) is 5.91 Å². The summed E-state index contributed by atoms with van der Waals surface area (Å²) in [6, 6.07) is 9.47. The number of sulfonamides is 1. The lowest BCUT2D eigenvalue weighted by Crippen LogP contribution is -2.31. The highest BCUT2D eigenvalue weighted by Gasteiger charge is 2.24. The Labute approximate surface area is 151 Å². The summed E-state index contributed by atoms with van der Waals surface area (Å²) in [6.07, 6.45) is 0. The summed E-state index contributed by atoms with van der Waals surface area (Å²) in [4.78, 5) is 12.2. The monoisotopic (exact) mass is 384 g/mol. The van der Waals surface area contributed by atoms with Gasteiger partial charge in [0.2, 0.25) is 10.0 Å². The normalized spacial score (nSPS) is 11.6. The molecule has 0 saturated heterocycles. The highest BCUT2D eigenvalue weighted by atomic mass is 35.5. The van der Waals surface area contributed by atoms with Gasteiger partial charge in [0, 0.05) is 23.8 Å². The molecule has 8 heteroatoms. The van der Waals surface area contributed by atoms with Crippen LogP contribution in [0.4, 0.5) is 10.1 Å². The van der Waals surface area contributed by atoms with Crippen molar-refractivity contribution >= 4 is 33.2 Å². The number of benzene rings is 2. The van der Waals surface area contributed by atoms with Crippen LogP contribution in [0.5, 0.6) is 0 Å². The molecule has 0 aliphatic rings. The number of carbonyl (C=O) groups is 1. The number of rotatable bonds is 6. The fourth-order valence-corrected chi connectivity index (χ4v) is 3.89. The van der Waals surface area contributed by atoms with Gasteiger partial charge in [0.15, 0.2) is 0 Å². The molecule has 0 spiro atoms. The summed E-state index contributed by atoms with van der Waals surface area (Å²) in [7, 11) is -3.78. The van der Waals surface area contributed by atoms with E-state index in [1.165, 1.54) is 4.31 Å². The van der Waals surface area contributed by atoms with Crippen molar-refractivity contribution in [2.24, 2.45) is 0 Å². The predicted octanol–water partition coefficient (Wildman–Crippen LogP) is 3.76. The number of amides is 1. The molecule has 134 valence electrons. The number of hydrogen-bond donors (Lipinski definition) is 1. The minimum absolute atomic E-state index is 0.126. The van der Waals surface area contributed by atoms with E-state index >= 15 is 0 Å². The zero-order valence-electron chi connectivity index (χ0n) is 13.8. The van der Waals surface area contributed by atoms with Crippen LogP contribution in [-0.2, 0) is 10.0 Å². The van der Waals surface area contributed by atoms with E-state index in [2.05, 4.69) is 5.32 Å². The van der Waals surface area contributed by atoms with Crippen molar-refractivity contribution < 1.29 is 17.6 Å². The fourth-order valence-electron chi connectivity index (χ4n) is 2.28. The Hall–Kier alpha value is -1.96. The van der Waals surface area contributed by atoms with Crippen molar-refractivity contribution in [2.45, 2.75) is 18.7 Å². The Morgan fingerprint density at radius 2 is 1.72 bits per heavy atom. The van der Waals surface area contributed by atoms with E-state index in [4.69, 9.17) is 11.6 Å². The second-order valence-electron chi connectivity index (χ2n) is 5.19. The average Bonchev–Trinajstić information content (AvgIpc) is 2.58. The molecule has 0 radical (unpaired) electrons. The first-order chi connectivity index (χ1) is 11.8. The van der Waals surface area contributed by atoms with Crippen LogP contribution < -0.4 is 5.32 Å². The highest BCUT2D eigenvalue weighted by Crippen LogP contribution is 2.21. The summed E-state index contributed by atoms with van der Waals surface area (Å²) in [5.74, 6) is -1.54. The van der Waals surface area contributed by atoms with Gasteiger partial charge >= 0.3 is 0 Å². The van der Waals surface area contributed by atoms with E-state index in [0.29, 0.717) is 10.7 Å². The summed E-state index contributed by atoms with van der Waals surface area (Å²) in [6.45, 7) is 3.97. The molecule has 1 N–H and O–H groups in total. The van der Waals surface area contributed by atoms with Crippen LogP contribution in [0.25, 0.3) is 0 Å². The first-order valence-corrected chi connectivity index (χ1v) is 9.48. The van der Waals surface area contributed by atoms with Gasteiger partial charge in [-0.2, -0.15) is 4.31 Å². The third kappa shape index (κ3) is 4.36. The standard InChI is InChI=1S/C17H18ClFN2O3S/c1-3-21(4-2)25(23,24)14-9-10-16(19)15(11-14)17(22)20-13-7-5-12(18)6-8-13/h5-11H,3-4H2,1-2H3,(H,20,22). The van der Waals surface area contributed by atoms with Crippen molar-refractivity contribution in [3.8, 4) is 0 Å². The molecule has 0 aliphatic carbocycles. The van der Waals surface area contributed by atoms with Crippen molar-refractivity contribution in [1.82, 2.24) is 4.31 Å². The molecule has 25 heavy (non-hydrogen) atoms. The van der Waals surface area contributed by atoms with Gasteiger partial charge in [-0.1, -0.05) is 25.4 Å². The van der Waals surface area contributed by atoms with Gasteiger partial charge in [-0.3, -0.25) is 4.79 Å². The van der Waals surface area contributed by atoms with E-state index in [0.717, 1.165) is 18.2 Å². The Morgan fingerprint density at radius 1 is 1.12 bits per heavy atom. The van der Waals surface area contributed by atoms with Gasteiger partial charge in [-0.15, -0.1) is 0 Å². The summed E-state index contributed by atoms with van der Waals surface area (Å²) in [5.41, 5.74) is 0.0778. The SMILES string of the molecule is CCN(CC)S(=O)(=O)c1ccc(F)c(C(=O)Nc2ccc(Cl)cc2)c1. The molecule has 2 aromatic carbocycles. The summed E-state index contributed by atoms with van der Waals surface area (Å²) in [5, 5.41) is 3.01. The van der Waals surface area contributed by atoms with Crippen molar-refractivity contribution in [3.63, 3.8) is 0 Å². The van der Waals surface area contributed by atoms with E-state index < -0.39 is 21.7 Å². The molecule has 0 aromatic heterocycles. The van der Waals surface area contributed by atoms with E-state index in [9.17, 15) is 17.6 Å². The maximum atomic E-state index is 14.0. The highest BCUT2D eigenvalue weighted by molar-refractivity contribution is 7.89. The number of nitrogens with one attached hydrogen (secondary N) is 1. The molecular formula is C17H18ClFN2O3S. The maximum absolute atomic E-state index is 14.0. The van der Waals surface area contributed by atoms with Gasteiger partial charge < -0.3 is 5.32 Å². The topological polar surface area (TPSA) is 66.5 Å². The van der Waals surface area contributed by atoms with Gasteiger partial charge in [0.05, 0.1) is 10.5 Å². The molecule has 5 nitrogen and oxygen atoms in total. The smallest absolute Gasteiger partial charge is 0.258 e. The molecule has 1 amide bonds. The number of halogens is 2. The van der Waals surface area contributed by atoms with Crippen LogP contribution in [0.1, 0.15) is 24.2 Å². The third-order valence-electron chi connectivity index (χ3n) is 3.63. The Kier molecular flexibility index (Phi) is 6.16. The first kappa shape index (κ1) is 19.4. The Bertz CT molecular complexity index is 866. The van der Waals surface area contributed by atoms with Crippen LogP contribution in [-0.4, -0.2) is 31.7 Å². The Morgan fingerprint density at radius 3 is 2.28 bits per heavy atom. The van der Waals surface area contributed by atoms with Crippen molar-refractivity contribution in [2.75, 3.05) is 18.4 Å². The predicted molar refractivity (Wildman–Crippen MR) is 95.9 cm³/mol. The van der Waals surface area contributed by atoms with Crippen LogP contribution in [0.2, 0.25) is 5.02 Å². The maximum Gasteiger partial charge on any atom is 0.258 e. The van der Waals surface area contributed by atoms with Gasteiger partial charge in [-0.05, 0) is 42.5 Å². The zero-order chi connectivity index (χ0) is 18.6. The molecule has 2 rings (SSSR count). The number of nitrogens with zero attached hydrogens (tertiary/aromatic N) is 1. The minimum atomic E-state index is -3.78. The number of anilines is 1. The minimum Gasteiger partial charge on any atom is -0.322 e. The quantitative estimate of drug-likeness (QED) is 0.824. The van der Waals surface area contributed by atoms with Crippen LogP contribution >= 0.6 is 11.6 Å². The van der Waals surface area contributed by atoms with Crippen molar-refractivity contribution in [3.05, 3.63) is 58.9 Å². The molecule has 0 saturated carbocycles. The molecule has 2 aromatic rings. The Balaban J connectivity index is 2.35. The van der Waals surface area contributed by atoms with E-state index in [1.54, 1.807) is 38.1 Å². The largest absolute Gasteiger partial charge is 0.322 e. The summed E-state index contributed by atoms with van der Waals surface area (Å²) < 4.78 is 40.4. The first-order valence-electron chi connectivity index (χ1n) is 7.66. The lowest BCUT2D eigenvalue weighted by molar-refractivity contribution is 0.102. The second kappa shape index (κ2) is 7.95. The number of carbonyl (C=O) groups excluding carboxylic acids is 1. The molecule has 0 heterocycles. The van der Waals surface area contributed by atoms with E-state index in [-0.39, 0.29) is 23.5 Å². The lowest BCUT2D eigenvalue weighted by atomic mass is 10.2. The molecule has 0 unspecified atom stereocenters. The van der Waals surface area contributed by atoms with Crippen LogP contribution in [0, 0.1) is 5.82 Å². The lowest BCUT2D eigenvalue weighted by Gasteiger charge is -2.19. The van der Waals surface area contributed by atoms with Crippen molar-refractivity contribution in [1.29, 1.82) is 0 Å². The summed E-state index contributed by atoms with van der Waals surface area (Å²) >= 11 is 5.77.